The number of rotatable bonds is 5. The predicted molar refractivity (Wildman–Crippen MR) is 191 cm³/mol. The summed E-state index contributed by atoms with van der Waals surface area (Å²) in [6.45, 7) is 10.2. The highest BCUT2D eigenvalue weighted by Gasteiger charge is 2.67. The van der Waals surface area contributed by atoms with E-state index in [1.54, 1.807) is 0 Å². The lowest BCUT2D eigenvalue weighted by molar-refractivity contribution is 0.628. The van der Waals surface area contributed by atoms with Crippen molar-refractivity contribution < 1.29 is 0 Å². The summed E-state index contributed by atoms with van der Waals surface area (Å²) >= 11 is 0. The first-order chi connectivity index (χ1) is 21.3. The maximum Gasteiger partial charge on any atom is 0.187 e. The monoisotopic (exact) mass is 565 g/mol. The molecule has 6 aromatic carbocycles. The zero-order valence-electron chi connectivity index (χ0n) is 25.9. The van der Waals surface area contributed by atoms with Gasteiger partial charge in [0.05, 0.1) is 11.0 Å². The third kappa shape index (κ3) is 4.08. The highest BCUT2D eigenvalue weighted by atomic mass is 15.0. The first-order valence-corrected chi connectivity index (χ1v) is 15.7. The van der Waals surface area contributed by atoms with Crippen LogP contribution in [-0.4, -0.2) is 11.3 Å². The van der Waals surface area contributed by atoms with Gasteiger partial charge in [0.2, 0.25) is 0 Å². The number of benzene rings is 6. The molecule has 0 bridgehead atoms. The molecular formula is C42H36BN. The second kappa shape index (κ2) is 9.86. The maximum atomic E-state index is 2.52. The number of hydrogen-bond donors (Lipinski definition) is 0. The standard InChI is InChI=1S/C42H36BN/c1-41(2)42(3,4)43(41)34-22-25-36-38-27-33(30-16-10-6-11-17-30)26-37(32-18-12-7-13-19-32)40(38)44(39(36)28-34)35-23-20-31(21-24-35)29-14-8-5-9-15-29/h5-28H,1-4H3. The Kier molecular flexibility index (Phi) is 6.00. The van der Waals surface area contributed by atoms with Gasteiger partial charge in [0, 0.05) is 22.0 Å². The summed E-state index contributed by atoms with van der Waals surface area (Å²) in [6.07, 6.45) is 0. The van der Waals surface area contributed by atoms with Gasteiger partial charge in [0.1, 0.15) is 0 Å². The van der Waals surface area contributed by atoms with Crippen LogP contribution in [0.15, 0.2) is 146 Å². The van der Waals surface area contributed by atoms with Crippen LogP contribution in [0.3, 0.4) is 0 Å². The van der Waals surface area contributed by atoms with Crippen LogP contribution in [0, 0.1) is 0 Å². The third-order valence-electron chi connectivity index (χ3n) is 10.7. The van der Waals surface area contributed by atoms with E-state index in [-0.39, 0.29) is 10.6 Å². The molecule has 0 radical (unpaired) electrons. The van der Waals surface area contributed by atoms with Gasteiger partial charge < -0.3 is 4.57 Å². The molecule has 1 aliphatic heterocycles. The van der Waals surface area contributed by atoms with Gasteiger partial charge >= 0.3 is 0 Å². The van der Waals surface area contributed by atoms with Crippen LogP contribution in [0.5, 0.6) is 0 Å². The van der Waals surface area contributed by atoms with Crippen LogP contribution in [0.4, 0.5) is 0 Å². The molecule has 44 heavy (non-hydrogen) atoms. The fraction of sp³-hybridized carbons (Fsp3) is 0.143. The lowest BCUT2D eigenvalue weighted by Crippen LogP contribution is -2.20. The second-order valence-electron chi connectivity index (χ2n) is 13.6. The first kappa shape index (κ1) is 26.8. The van der Waals surface area contributed by atoms with E-state index in [4.69, 9.17) is 0 Å². The summed E-state index contributed by atoms with van der Waals surface area (Å²) < 4.78 is 2.52. The van der Waals surface area contributed by atoms with E-state index < -0.39 is 0 Å². The van der Waals surface area contributed by atoms with Gasteiger partial charge in [0.15, 0.2) is 6.71 Å². The second-order valence-corrected chi connectivity index (χ2v) is 13.6. The molecule has 2 heteroatoms. The van der Waals surface area contributed by atoms with Crippen molar-refractivity contribution in [2.24, 2.45) is 0 Å². The fourth-order valence-electron chi connectivity index (χ4n) is 7.71. The Labute approximate surface area is 260 Å². The molecule has 7 aromatic rings. The highest BCUT2D eigenvalue weighted by molar-refractivity contribution is 6.90. The Bertz CT molecular complexity index is 2120. The molecule has 0 amide bonds. The minimum Gasteiger partial charge on any atom is -0.309 e. The summed E-state index contributed by atoms with van der Waals surface area (Å²) in [5, 5.41) is 3.12. The van der Waals surface area contributed by atoms with Crippen LogP contribution < -0.4 is 5.46 Å². The van der Waals surface area contributed by atoms with Gasteiger partial charge in [-0.15, -0.1) is 0 Å². The highest BCUT2D eigenvalue weighted by Crippen LogP contribution is 2.73. The van der Waals surface area contributed by atoms with Crippen molar-refractivity contribution in [2.45, 2.75) is 38.3 Å². The first-order valence-electron chi connectivity index (χ1n) is 15.7. The van der Waals surface area contributed by atoms with E-state index in [9.17, 15) is 0 Å². The Morgan fingerprint density at radius 3 is 1.55 bits per heavy atom. The molecule has 1 saturated heterocycles. The van der Waals surface area contributed by atoms with Crippen molar-refractivity contribution in [3.05, 3.63) is 146 Å². The molecule has 2 heterocycles. The summed E-state index contributed by atoms with van der Waals surface area (Å²) in [7, 11) is 0. The van der Waals surface area contributed by atoms with Gasteiger partial charge in [0.25, 0.3) is 0 Å². The van der Waals surface area contributed by atoms with Crippen LogP contribution in [0.2, 0.25) is 10.6 Å². The Hall–Kier alpha value is -4.82. The van der Waals surface area contributed by atoms with E-state index in [0.717, 1.165) is 0 Å². The van der Waals surface area contributed by atoms with Crippen LogP contribution in [0.25, 0.3) is 60.9 Å². The van der Waals surface area contributed by atoms with E-state index in [1.807, 2.05) is 0 Å². The van der Waals surface area contributed by atoms with Crippen molar-refractivity contribution in [3.63, 3.8) is 0 Å². The van der Waals surface area contributed by atoms with E-state index in [0.29, 0.717) is 6.71 Å². The maximum absolute atomic E-state index is 2.52. The Balaban J connectivity index is 1.44. The van der Waals surface area contributed by atoms with Gasteiger partial charge in [-0.3, -0.25) is 0 Å². The van der Waals surface area contributed by atoms with Crippen molar-refractivity contribution in [3.8, 4) is 39.1 Å². The van der Waals surface area contributed by atoms with Crippen molar-refractivity contribution >= 4 is 34.0 Å². The minimum absolute atomic E-state index is 0.268. The molecule has 0 spiro atoms. The van der Waals surface area contributed by atoms with E-state index >= 15 is 0 Å². The molecule has 1 aromatic heterocycles. The number of aromatic nitrogens is 1. The summed E-state index contributed by atoms with van der Waals surface area (Å²) in [6, 6.07) is 53.5. The van der Waals surface area contributed by atoms with Crippen molar-refractivity contribution in [2.75, 3.05) is 0 Å². The number of nitrogens with zero attached hydrogens (tertiary/aromatic N) is 1. The van der Waals surface area contributed by atoms with E-state index in [1.165, 1.54) is 66.3 Å². The fourth-order valence-corrected chi connectivity index (χ4v) is 7.71. The number of hydrogen-bond acceptors (Lipinski definition) is 0. The molecule has 212 valence electrons. The smallest absolute Gasteiger partial charge is 0.187 e. The van der Waals surface area contributed by atoms with Gasteiger partial charge in [-0.25, -0.2) is 0 Å². The number of fused-ring (bicyclic) bond motifs is 3. The average molecular weight is 566 g/mol. The molecule has 1 fully saturated rings. The molecule has 8 rings (SSSR count). The normalized spacial score (nSPS) is 15.1. The van der Waals surface area contributed by atoms with Crippen LogP contribution >= 0.6 is 0 Å². The van der Waals surface area contributed by atoms with Gasteiger partial charge in [-0.1, -0.05) is 159 Å². The molecule has 0 unspecified atom stereocenters. The van der Waals surface area contributed by atoms with E-state index in [2.05, 4.69) is 178 Å². The van der Waals surface area contributed by atoms with Crippen molar-refractivity contribution in [1.82, 2.24) is 4.57 Å². The summed E-state index contributed by atoms with van der Waals surface area (Å²) in [5.74, 6) is 0. The average Bonchev–Trinajstić information content (AvgIpc) is 3.30. The van der Waals surface area contributed by atoms with Crippen LogP contribution in [-0.2, 0) is 0 Å². The van der Waals surface area contributed by atoms with Crippen LogP contribution in [0.1, 0.15) is 27.7 Å². The third-order valence-corrected chi connectivity index (χ3v) is 10.7. The molecular weight excluding hydrogens is 529 g/mol. The lowest BCUT2D eigenvalue weighted by atomic mass is 9.53. The lowest BCUT2D eigenvalue weighted by Gasteiger charge is -2.14. The van der Waals surface area contributed by atoms with Gasteiger partial charge in [-0.2, -0.15) is 0 Å². The quantitative estimate of drug-likeness (QED) is 0.183. The topological polar surface area (TPSA) is 4.93 Å². The minimum atomic E-state index is 0.268. The molecule has 1 aliphatic rings. The zero-order chi connectivity index (χ0) is 30.1. The van der Waals surface area contributed by atoms with Gasteiger partial charge in [-0.05, 0) is 58.1 Å². The summed E-state index contributed by atoms with van der Waals surface area (Å²) in [4.78, 5) is 0. The Morgan fingerprint density at radius 2 is 0.977 bits per heavy atom. The summed E-state index contributed by atoms with van der Waals surface area (Å²) in [5.41, 5.74) is 12.6. The molecule has 0 saturated carbocycles. The molecule has 1 nitrogen and oxygen atoms in total. The molecule has 0 aliphatic carbocycles. The molecule has 0 atom stereocenters. The predicted octanol–water partition coefficient (Wildman–Crippen LogP) is 11.1. The largest absolute Gasteiger partial charge is 0.309 e. The SMILES string of the molecule is CC1(C)B(c2ccc3c4cc(-c5ccccc5)cc(-c5ccccc5)c4n(-c4ccc(-c5ccccc5)cc4)c3c2)C1(C)C. The molecule has 0 N–H and O–H groups in total. The van der Waals surface area contributed by atoms with Crippen molar-refractivity contribution in [1.29, 1.82) is 0 Å². The zero-order valence-corrected chi connectivity index (χ0v) is 25.9. The Morgan fingerprint density at radius 1 is 0.455 bits per heavy atom.